The Bertz CT molecular complexity index is 1510. The Kier molecular flexibility index (Phi) is 11.5. The number of nitrogens with zero attached hydrogens (tertiary/aromatic N) is 2. The van der Waals surface area contributed by atoms with Gasteiger partial charge in [0, 0.05) is 18.7 Å². The zero-order chi connectivity index (χ0) is 31.7. The number of anilines is 1. The van der Waals surface area contributed by atoms with E-state index in [4.69, 9.17) is 9.47 Å². The molecule has 3 rings (SSSR count). The maximum atomic E-state index is 14.2. The van der Waals surface area contributed by atoms with Crippen molar-refractivity contribution < 1.29 is 31.9 Å². The van der Waals surface area contributed by atoms with Crippen LogP contribution in [0.5, 0.6) is 11.5 Å². The Morgan fingerprint density at radius 3 is 2.19 bits per heavy atom. The second kappa shape index (κ2) is 14.9. The lowest BCUT2D eigenvalue weighted by Gasteiger charge is -2.33. The van der Waals surface area contributed by atoms with Crippen molar-refractivity contribution in [3.63, 3.8) is 0 Å². The zero-order valence-electron chi connectivity index (χ0n) is 25.5. The Hall–Kier alpha value is -4.12. The van der Waals surface area contributed by atoms with E-state index >= 15 is 0 Å². The summed E-state index contributed by atoms with van der Waals surface area (Å²) < 4.78 is 53.5. The van der Waals surface area contributed by atoms with Gasteiger partial charge in [0.15, 0.2) is 11.5 Å². The molecule has 2 amide bonds. The highest BCUT2D eigenvalue weighted by molar-refractivity contribution is 7.92. The van der Waals surface area contributed by atoms with E-state index in [9.17, 15) is 22.4 Å². The molecule has 2 atom stereocenters. The van der Waals surface area contributed by atoms with Crippen LogP contribution >= 0.6 is 0 Å². The van der Waals surface area contributed by atoms with E-state index in [1.54, 1.807) is 6.92 Å². The molecule has 0 aliphatic carbocycles. The molecule has 0 fully saturated rings. The SMILES string of the molecule is CCC(C)NC(=O)C(CC)N(Cc1cccc(C)c1)C(=O)CN(c1ccc(F)cc1)S(=O)(=O)c1ccc(OC)c(OC)c1. The highest BCUT2D eigenvalue weighted by Crippen LogP contribution is 2.32. The number of amides is 2. The van der Waals surface area contributed by atoms with Crippen molar-refractivity contribution >= 4 is 27.5 Å². The molecule has 0 bridgehead atoms. The van der Waals surface area contributed by atoms with E-state index in [0.29, 0.717) is 18.6 Å². The molecule has 0 saturated carbocycles. The number of benzene rings is 3. The predicted octanol–water partition coefficient (Wildman–Crippen LogP) is 5.07. The predicted molar refractivity (Wildman–Crippen MR) is 164 cm³/mol. The average Bonchev–Trinajstić information content (AvgIpc) is 2.99. The largest absolute Gasteiger partial charge is 0.493 e. The second-order valence-electron chi connectivity index (χ2n) is 10.3. The Labute approximate surface area is 253 Å². The van der Waals surface area contributed by atoms with Gasteiger partial charge in [0.05, 0.1) is 24.8 Å². The lowest BCUT2D eigenvalue weighted by Crippen LogP contribution is -2.53. The van der Waals surface area contributed by atoms with Crippen molar-refractivity contribution in [1.82, 2.24) is 10.2 Å². The molecule has 0 saturated heterocycles. The minimum atomic E-state index is -4.38. The molecule has 9 nitrogen and oxygen atoms in total. The third-order valence-electron chi connectivity index (χ3n) is 7.16. The molecule has 0 aliphatic heterocycles. The van der Waals surface area contributed by atoms with Gasteiger partial charge in [-0.3, -0.25) is 13.9 Å². The maximum absolute atomic E-state index is 14.2. The van der Waals surface area contributed by atoms with Crippen molar-refractivity contribution in [2.45, 2.75) is 64.1 Å². The number of sulfonamides is 1. The number of rotatable bonds is 14. The van der Waals surface area contributed by atoms with Crippen molar-refractivity contribution in [3.05, 3.63) is 83.7 Å². The molecule has 11 heteroatoms. The Balaban J connectivity index is 2.10. The summed E-state index contributed by atoms with van der Waals surface area (Å²) in [6, 6.07) is 15.5. The van der Waals surface area contributed by atoms with Gasteiger partial charge in [0.2, 0.25) is 11.8 Å². The van der Waals surface area contributed by atoms with Gasteiger partial charge in [-0.1, -0.05) is 43.7 Å². The summed E-state index contributed by atoms with van der Waals surface area (Å²) in [5.74, 6) is -0.974. The molecule has 2 unspecified atom stereocenters. The van der Waals surface area contributed by atoms with Crippen LogP contribution in [0.2, 0.25) is 0 Å². The summed E-state index contributed by atoms with van der Waals surface area (Å²) in [6.45, 7) is 7.00. The van der Waals surface area contributed by atoms with Crippen LogP contribution in [-0.2, 0) is 26.2 Å². The summed E-state index contributed by atoms with van der Waals surface area (Å²) in [5, 5.41) is 2.95. The summed E-state index contributed by atoms with van der Waals surface area (Å²) in [5.41, 5.74) is 1.85. The molecular formula is C32H40FN3O6S. The fraction of sp³-hybridized carbons (Fsp3) is 0.375. The van der Waals surface area contributed by atoms with Crippen LogP contribution in [0, 0.1) is 12.7 Å². The third-order valence-corrected chi connectivity index (χ3v) is 8.93. The molecule has 3 aromatic carbocycles. The van der Waals surface area contributed by atoms with E-state index < -0.39 is 34.3 Å². The maximum Gasteiger partial charge on any atom is 0.264 e. The Morgan fingerprint density at radius 2 is 1.60 bits per heavy atom. The van der Waals surface area contributed by atoms with E-state index in [0.717, 1.165) is 27.6 Å². The third kappa shape index (κ3) is 8.25. The topological polar surface area (TPSA) is 105 Å². The molecule has 232 valence electrons. The van der Waals surface area contributed by atoms with E-state index in [1.807, 2.05) is 45.0 Å². The lowest BCUT2D eigenvalue weighted by atomic mass is 10.1. The first-order valence-electron chi connectivity index (χ1n) is 14.1. The fourth-order valence-electron chi connectivity index (χ4n) is 4.61. The lowest BCUT2D eigenvalue weighted by molar-refractivity contribution is -0.140. The molecule has 0 spiro atoms. The number of carbonyl (C=O) groups excluding carboxylic acids is 2. The van der Waals surface area contributed by atoms with Crippen molar-refractivity contribution in [2.75, 3.05) is 25.1 Å². The first-order chi connectivity index (χ1) is 20.4. The number of methoxy groups -OCH3 is 2. The van der Waals surface area contributed by atoms with Gasteiger partial charge in [0.25, 0.3) is 10.0 Å². The van der Waals surface area contributed by atoms with E-state index in [2.05, 4.69) is 5.32 Å². The molecule has 3 aromatic rings. The first-order valence-corrected chi connectivity index (χ1v) is 15.5. The summed E-state index contributed by atoms with van der Waals surface area (Å²) in [6.07, 6.45) is 1.01. The summed E-state index contributed by atoms with van der Waals surface area (Å²) >= 11 is 0. The first kappa shape index (κ1) is 33.4. The summed E-state index contributed by atoms with van der Waals surface area (Å²) in [4.78, 5) is 28.8. The Morgan fingerprint density at radius 1 is 0.930 bits per heavy atom. The van der Waals surface area contributed by atoms with Gasteiger partial charge in [-0.15, -0.1) is 0 Å². The quantitative estimate of drug-likeness (QED) is 0.272. The minimum absolute atomic E-state index is 0.0807. The van der Waals surface area contributed by atoms with Crippen LogP contribution in [0.1, 0.15) is 44.7 Å². The van der Waals surface area contributed by atoms with Crippen LogP contribution in [0.4, 0.5) is 10.1 Å². The average molecular weight is 614 g/mol. The normalized spacial score (nSPS) is 12.6. The molecule has 0 aliphatic rings. The molecule has 0 aromatic heterocycles. The fourth-order valence-corrected chi connectivity index (χ4v) is 6.04. The number of hydrogen-bond donors (Lipinski definition) is 1. The van der Waals surface area contributed by atoms with Crippen LogP contribution in [0.25, 0.3) is 0 Å². The van der Waals surface area contributed by atoms with Gasteiger partial charge in [-0.05, 0) is 68.7 Å². The smallest absolute Gasteiger partial charge is 0.264 e. The molecule has 0 heterocycles. The van der Waals surface area contributed by atoms with E-state index in [-0.39, 0.29) is 34.8 Å². The highest BCUT2D eigenvalue weighted by atomic mass is 32.2. The van der Waals surface area contributed by atoms with E-state index in [1.165, 1.54) is 49.5 Å². The number of nitrogens with one attached hydrogen (secondary N) is 1. The zero-order valence-corrected chi connectivity index (χ0v) is 26.3. The number of halogens is 1. The van der Waals surface area contributed by atoms with Crippen LogP contribution in [-0.4, -0.2) is 58.0 Å². The molecule has 0 radical (unpaired) electrons. The van der Waals surface area contributed by atoms with Crippen LogP contribution in [0.3, 0.4) is 0 Å². The van der Waals surface area contributed by atoms with Gasteiger partial charge >= 0.3 is 0 Å². The van der Waals surface area contributed by atoms with Gasteiger partial charge < -0.3 is 19.7 Å². The van der Waals surface area contributed by atoms with Crippen LogP contribution < -0.4 is 19.1 Å². The van der Waals surface area contributed by atoms with Crippen LogP contribution in [0.15, 0.2) is 71.6 Å². The van der Waals surface area contributed by atoms with Gasteiger partial charge in [-0.2, -0.15) is 0 Å². The van der Waals surface area contributed by atoms with Crippen molar-refractivity contribution in [3.8, 4) is 11.5 Å². The second-order valence-corrected chi connectivity index (χ2v) is 12.1. The standard InChI is InChI=1S/C32H40FN3O6S/c1-7-23(4)34-32(38)28(8-2)35(20-24-11-9-10-22(3)18-24)31(37)21-36(26-14-12-25(33)13-15-26)43(39,40)27-16-17-29(41-5)30(19-27)42-6/h9-19,23,28H,7-8,20-21H2,1-6H3,(H,34,38). The summed E-state index contributed by atoms with van der Waals surface area (Å²) in [7, 11) is -1.57. The number of aryl methyl sites for hydroxylation is 1. The van der Waals surface area contributed by atoms with Crippen molar-refractivity contribution in [2.24, 2.45) is 0 Å². The molecule has 1 N–H and O–H groups in total. The van der Waals surface area contributed by atoms with Crippen molar-refractivity contribution in [1.29, 1.82) is 0 Å². The monoisotopic (exact) mass is 613 g/mol. The molecular weight excluding hydrogens is 573 g/mol. The number of ether oxygens (including phenoxy) is 2. The molecule has 43 heavy (non-hydrogen) atoms. The highest BCUT2D eigenvalue weighted by Gasteiger charge is 2.34. The number of carbonyl (C=O) groups is 2. The number of hydrogen-bond acceptors (Lipinski definition) is 6. The van der Waals surface area contributed by atoms with Gasteiger partial charge in [0.1, 0.15) is 18.4 Å². The van der Waals surface area contributed by atoms with Gasteiger partial charge in [-0.25, -0.2) is 12.8 Å². The minimum Gasteiger partial charge on any atom is -0.493 e.